The van der Waals surface area contributed by atoms with E-state index in [0.29, 0.717) is 50.0 Å². The molecule has 35 heavy (non-hydrogen) atoms. The molecule has 1 aliphatic heterocycles. The van der Waals surface area contributed by atoms with Crippen LogP contribution in [-0.4, -0.2) is 87.3 Å². The summed E-state index contributed by atoms with van der Waals surface area (Å²) in [6, 6.07) is 8.57. The van der Waals surface area contributed by atoms with Crippen LogP contribution in [0.3, 0.4) is 0 Å². The van der Waals surface area contributed by atoms with Crippen LogP contribution in [0.2, 0.25) is 0 Å². The fourth-order valence-corrected chi connectivity index (χ4v) is 4.76. The zero-order valence-corrected chi connectivity index (χ0v) is 20.2. The SMILES string of the molecule is COc1cc(OC)c(OC)cc1CN1CCN(S(=O)(=O)c2ccc(F)cc2)CC1.O=C(O)C(=O)O. The van der Waals surface area contributed by atoms with Crippen LogP contribution in [-0.2, 0) is 26.2 Å². The maximum Gasteiger partial charge on any atom is 0.414 e. The Labute approximate surface area is 202 Å². The van der Waals surface area contributed by atoms with Crippen molar-refractivity contribution in [2.24, 2.45) is 0 Å². The second kappa shape index (κ2) is 12.3. The molecule has 3 rings (SSSR count). The Morgan fingerprint density at radius 3 is 1.80 bits per heavy atom. The average molecular weight is 515 g/mol. The molecule has 0 bridgehead atoms. The van der Waals surface area contributed by atoms with E-state index in [1.54, 1.807) is 27.4 Å². The summed E-state index contributed by atoms with van der Waals surface area (Å²) in [5.41, 5.74) is 0.931. The van der Waals surface area contributed by atoms with E-state index in [4.69, 9.17) is 34.0 Å². The van der Waals surface area contributed by atoms with Crippen LogP contribution in [0, 0.1) is 5.82 Å². The number of halogens is 1. The first-order valence-electron chi connectivity index (χ1n) is 10.3. The second-order valence-electron chi connectivity index (χ2n) is 7.26. The molecule has 0 aromatic heterocycles. The third-order valence-electron chi connectivity index (χ3n) is 5.15. The van der Waals surface area contributed by atoms with E-state index in [2.05, 4.69) is 4.90 Å². The molecule has 0 spiro atoms. The van der Waals surface area contributed by atoms with Gasteiger partial charge in [0, 0.05) is 44.4 Å². The topological polar surface area (TPSA) is 143 Å². The number of hydrogen-bond donors (Lipinski definition) is 2. The van der Waals surface area contributed by atoms with Crippen LogP contribution in [0.25, 0.3) is 0 Å². The average Bonchev–Trinajstić information content (AvgIpc) is 2.84. The van der Waals surface area contributed by atoms with Gasteiger partial charge in [-0.1, -0.05) is 0 Å². The highest BCUT2D eigenvalue weighted by Gasteiger charge is 2.29. The van der Waals surface area contributed by atoms with Gasteiger partial charge in [0.25, 0.3) is 0 Å². The Morgan fingerprint density at radius 2 is 1.34 bits per heavy atom. The highest BCUT2D eigenvalue weighted by Crippen LogP contribution is 2.35. The molecule has 1 saturated heterocycles. The van der Waals surface area contributed by atoms with Gasteiger partial charge in [-0.05, 0) is 30.3 Å². The summed E-state index contributed by atoms with van der Waals surface area (Å²) in [4.78, 5) is 20.5. The van der Waals surface area contributed by atoms with Crippen LogP contribution >= 0.6 is 0 Å². The number of nitrogens with zero attached hydrogens (tertiary/aromatic N) is 2. The van der Waals surface area contributed by atoms with E-state index in [-0.39, 0.29) is 4.90 Å². The quantitative estimate of drug-likeness (QED) is 0.522. The summed E-state index contributed by atoms with van der Waals surface area (Å²) in [6.45, 7) is 2.44. The highest BCUT2D eigenvalue weighted by molar-refractivity contribution is 7.89. The second-order valence-corrected chi connectivity index (χ2v) is 9.20. The molecule has 192 valence electrons. The van der Waals surface area contributed by atoms with Gasteiger partial charge in [0.05, 0.1) is 26.2 Å². The van der Waals surface area contributed by atoms with Crippen molar-refractivity contribution >= 4 is 22.0 Å². The van der Waals surface area contributed by atoms with E-state index >= 15 is 0 Å². The van der Waals surface area contributed by atoms with Gasteiger partial charge >= 0.3 is 11.9 Å². The molecular formula is C22H27FN2O9S. The smallest absolute Gasteiger partial charge is 0.414 e. The van der Waals surface area contributed by atoms with Gasteiger partial charge in [-0.15, -0.1) is 0 Å². The Bertz CT molecular complexity index is 1120. The summed E-state index contributed by atoms with van der Waals surface area (Å²) in [5, 5.41) is 14.8. The molecule has 0 amide bonds. The van der Waals surface area contributed by atoms with Gasteiger partial charge in [0.15, 0.2) is 11.5 Å². The zero-order chi connectivity index (χ0) is 26.2. The molecule has 0 aliphatic carbocycles. The van der Waals surface area contributed by atoms with Crippen molar-refractivity contribution in [2.45, 2.75) is 11.4 Å². The number of methoxy groups -OCH3 is 3. The summed E-state index contributed by atoms with van der Waals surface area (Å²) in [7, 11) is 1.11. The molecule has 0 radical (unpaired) electrons. The molecule has 2 aromatic rings. The number of hydrogen-bond acceptors (Lipinski definition) is 8. The van der Waals surface area contributed by atoms with Crippen LogP contribution in [0.15, 0.2) is 41.3 Å². The standard InChI is InChI=1S/C20H25FN2O5S.C2H2O4/c1-26-18-13-20(28-3)19(27-2)12-15(18)14-22-8-10-23(11-9-22)29(24,25)17-6-4-16(21)5-7-17;3-1(4)2(5)6/h4-7,12-13H,8-11,14H2,1-3H3;(H,3,4)(H,5,6). The van der Waals surface area contributed by atoms with Crippen LogP contribution in [0.5, 0.6) is 17.2 Å². The third kappa shape index (κ3) is 7.28. The number of benzene rings is 2. The van der Waals surface area contributed by atoms with Crippen molar-refractivity contribution in [1.82, 2.24) is 9.21 Å². The monoisotopic (exact) mass is 514 g/mol. The molecule has 1 aliphatic rings. The molecule has 2 N–H and O–H groups in total. The maximum absolute atomic E-state index is 13.1. The van der Waals surface area contributed by atoms with E-state index in [1.165, 1.54) is 16.4 Å². The third-order valence-corrected chi connectivity index (χ3v) is 7.06. The number of sulfonamides is 1. The fraction of sp³-hybridized carbons (Fsp3) is 0.364. The van der Waals surface area contributed by atoms with Crippen LogP contribution in [0.1, 0.15) is 5.56 Å². The molecule has 0 atom stereocenters. The van der Waals surface area contributed by atoms with E-state index in [1.807, 2.05) is 6.07 Å². The summed E-state index contributed by atoms with van der Waals surface area (Å²) in [6.07, 6.45) is 0. The first-order chi connectivity index (χ1) is 16.5. The normalized spacial score (nSPS) is 14.4. The molecular weight excluding hydrogens is 487 g/mol. The van der Waals surface area contributed by atoms with Gasteiger partial charge < -0.3 is 24.4 Å². The number of piperazine rings is 1. The van der Waals surface area contributed by atoms with E-state index < -0.39 is 27.8 Å². The minimum Gasteiger partial charge on any atom is -0.496 e. The zero-order valence-electron chi connectivity index (χ0n) is 19.4. The predicted octanol–water partition coefficient (Wildman–Crippen LogP) is 1.51. The van der Waals surface area contributed by atoms with Crippen LogP contribution in [0.4, 0.5) is 4.39 Å². The molecule has 0 saturated carbocycles. The Kier molecular flexibility index (Phi) is 9.80. The number of aliphatic carboxylic acids is 2. The number of carbonyl (C=O) groups is 2. The number of ether oxygens (including phenoxy) is 3. The molecule has 0 unspecified atom stereocenters. The van der Waals surface area contributed by atoms with Gasteiger partial charge in [0.2, 0.25) is 10.0 Å². The first kappa shape index (κ1) is 27.8. The van der Waals surface area contributed by atoms with Crippen molar-refractivity contribution in [2.75, 3.05) is 47.5 Å². The van der Waals surface area contributed by atoms with Gasteiger partial charge in [-0.2, -0.15) is 4.31 Å². The largest absolute Gasteiger partial charge is 0.496 e. The first-order valence-corrected chi connectivity index (χ1v) is 11.7. The predicted molar refractivity (Wildman–Crippen MR) is 122 cm³/mol. The molecule has 2 aromatic carbocycles. The number of rotatable bonds is 7. The Hall–Kier alpha value is -3.42. The van der Waals surface area contributed by atoms with Gasteiger partial charge in [-0.25, -0.2) is 22.4 Å². The van der Waals surface area contributed by atoms with Gasteiger partial charge in [0.1, 0.15) is 11.6 Å². The van der Waals surface area contributed by atoms with E-state index in [9.17, 15) is 12.8 Å². The number of carboxylic acid groups (broad SMARTS) is 2. The lowest BCUT2D eigenvalue weighted by Crippen LogP contribution is -2.48. The van der Waals surface area contributed by atoms with Crippen LogP contribution < -0.4 is 14.2 Å². The Balaban J connectivity index is 0.000000641. The summed E-state index contributed by atoms with van der Waals surface area (Å²) < 4.78 is 56.2. The van der Waals surface area contributed by atoms with Crippen molar-refractivity contribution < 1.29 is 46.8 Å². The number of carboxylic acids is 2. The summed E-state index contributed by atoms with van der Waals surface area (Å²) >= 11 is 0. The molecule has 1 heterocycles. The molecule has 1 fully saturated rings. The van der Waals surface area contributed by atoms with E-state index in [0.717, 1.165) is 17.7 Å². The summed E-state index contributed by atoms with van der Waals surface area (Å²) in [5.74, 6) is -2.23. The highest BCUT2D eigenvalue weighted by atomic mass is 32.2. The maximum atomic E-state index is 13.1. The lowest BCUT2D eigenvalue weighted by Gasteiger charge is -2.34. The minimum atomic E-state index is -3.63. The van der Waals surface area contributed by atoms with Gasteiger partial charge in [-0.3, -0.25) is 4.90 Å². The fourth-order valence-electron chi connectivity index (χ4n) is 3.34. The Morgan fingerprint density at radius 1 is 0.857 bits per heavy atom. The lowest BCUT2D eigenvalue weighted by molar-refractivity contribution is -0.159. The molecule has 13 heteroatoms. The minimum absolute atomic E-state index is 0.105. The van der Waals surface area contributed by atoms with Crippen molar-refractivity contribution in [1.29, 1.82) is 0 Å². The molecule has 11 nitrogen and oxygen atoms in total. The van der Waals surface area contributed by atoms with Crippen molar-refractivity contribution in [3.8, 4) is 17.2 Å². The van der Waals surface area contributed by atoms with Crippen molar-refractivity contribution in [3.05, 3.63) is 47.8 Å². The van der Waals surface area contributed by atoms with Crippen molar-refractivity contribution in [3.63, 3.8) is 0 Å². The lowest BCUT2D eigenvalue weighted by atomic mass is 10.1.